The molecule has 1 atom stereocenters. The molecule has 0 N–H and O–H groups in total. The number of hydrogen-bond donors (Lipinski definition) is 0. The highest BCUT2D eigenvalue weighted by Crippen LogP contribution is 2.33. The normalized spacial score (nSPS) is 15.9. The minimum absolute atomic E-state index is 0.236. The second-order valence-electron chi connectivity index (χ2n) is 5.12. The largest absolute Gasteiger partial charge is 0.207 e. The molecule has 2 heteroatoms. The van der Waals surface area contributed by atoms with Crippen molar-refractivity contribution >= 4 is 11.6 Å². The van der Waals surface area contributed by atoms with E-state index in [2.05, 4.69) is 12.1 Å². The molecule has 0 aliphatic heterocycles. The lowest BCUT2D eigenvalue weighted by atomic mass is 9.89. The quantitative estimate of drug-likeness (QED) is 0.674. The first-order chi connectivity index (χ1) is 9.25. The van der Waals surface area contributed by atoms with Gasteiger partial charge in [-0.3, -0.25) is 0 Å². The van der Waals surface area contributed by atoms with E-state index in [1.54, 1.807) is 12.1 Å². The summed E-state index contributed by atoms with van der Waals surface area (Å²) in [6, 6.07) is 13.1. The van der Waals surface area contributed by atoms with Crippen LogP contribution in [-0.4, -0.2) is 0 Å². The molecular weight excluding hydrogens is 259 g/mol. The number of alkyl halides is 1. The molecule has 0 spiro atoms. The Morgan fingerprint density at radius 1 is 0.947 bits per heavy atom. The van der Waals surface area contributed by atoms with Crippen LogP contribution in [0.4, 0.5) is 4.39 Å². The van der Waals surface area contributed by atoms with Crippen molar-refractivity contribution in [1.29, 1.82) is 0 Å². The Balaban J connectivity index is 1.96. The van der Waals surface area contributed by atoms with Gasteiger partial charge in [0.25, 0.3) is 0 Å². The van der Waals surface area contributed by atoms with Gasteiger partial charge in [0.2, 0.25) is 0 Å². The standard InChI is InChI=1S/C17H16ClF/c18-17(15-7-3-4-8-16(15)19)14-10-9-12-5-1-2-6-13(12)11-14/h3-4,7-11,17H,1-2,5-6H2. The smallest absolute Gasteiger partial charge is 0.128 e. The lowest BCUT2D eigenvalue weighted by Gasteiger charge is -2.18. The van der Waals surface area contributed by atoms with Crippen LogP contribution < -0.4 is 0 Å². The van der Waals surface area contributed by atoms with Crippen LogP contribution in [0.3, 0.4) is 0 Å². The molecule has 0 saturated heterocycles. The summed E-state index contributed by atoms with van der Waals surface area (Å²) in [5, 5.41) is -0.409. The molecule has 0 amide bonds. The van der Waals surface area contributed by atoms with Crippen molar-refractivity contribution in [2.24, 2.45) is 0 Å². The first-order valence-electron chi connectivity index (χ1n) is 6.76. The third-order valence-corrected chi connectivity index (χ3v) is 4.33. The molecule has 0 aromatic heterocycles. The zero-order valence-corrected chi connectivity index (χ0v) is 11.5. The zero-order valence-electron chi connectivity index (χ0n) is 10.7. The summed E-state index contributed by atoms with van der Waals surface area (Å²) >= 11 is 6.44. The molecule has 0 radical (unpaired) electrons. The van der Waals surface area contributed by atoms with Crippen molar-refractivity contribution in [1.82, 2.24) is 0 Å². The van der Waals surface area contributed by atoms with Gasteiger partial charge in [-0.1, -0.05) is 36.4 Å². The fourth-order valence-corrected chi connectivity index (χ4v) is 3.08. The van der Waals surface area contributed by atoms with Crippen molar-refractivity contribution in [3.05, 3.63) is 70.5 Å². The average molecular weight is 275 g/mol. The predicted octanol–water partition coefficient (Wildman–Crippen LogP) is 5.03. The van der Waals surface area contributed by atoms with Gasteiger partial charge in [-0.25, -0.2) is 4.39 Å². The van der Waals surface area contributed by atoms with Crippen LogP contribution >= 0.6 is 11.6 Å². The third kappa shape index (κ3) is 2.52. The number of benzene rings is 2. The predicted molar refractivity (Wildman–Crippen MR) is 77.2 cm³/mol. The highest BCUT2D eigenvalue weighted by atomic mass is 35.5. The van der Waals surface area contributed by atoms with E-state index < -0.39 is 5.38 Å². The summed E-state index contributed by atoms with van der Waals surface area (Å²) in [5.41, 5.74) is 4.35. The van der Waals surface area contributed by atoms with E-state index in [1.807, 2.05) is 12.1 Å². The minimum Gasteiger partial charge on any atom is -0.207 e. The molecule has 1 aliphatic rings. The molecule has 1 aliphatic carbocycles. The van der Waals surface area contributed by atoms with Gasteiger partial charge < -0.3 is 0 Å². The SMILES string of the molecule is Fc1ccccc1C(Cl)c1ccc2c(c1)CCCC2. The number of aryl methyl sites for hydroxylation is 2. The van der Waals surface area contributed by atoms with Crippen molar-refractivity contribution < 1.29 is 4.39 Å². The summed E-state index contributed by atoms with van der Waals surface area (Å²) in [7, 11) is 0. The highest BCUT2D eigenvalue weighted by molar-refractivity contribution is 6.22. The van der Waals surface area contributed by atoms with Crippen LogP contribution in [0.5, 0.6) is 0 Å². The van der Waals surface area contributed by atoms with E-state index in [4.69, 9.17) is 11.6 Å². The Morgan fingerprint density at radius 2 is 1.68 bits per heavy atom. The van der Waals surface area contributed by atoms with E-state index in [0.29, 0.717) is 5.56 Å². The van der Waals surface area contributed by atoms with Crippen LogP contribution in [0.2, 0.25) is 0 Å². The first kappa shape index (κ1) is 12.7. The molecule has 19 heavy (non-hydrogen) atoms. The van der Waals surface area contributed by atoms with Crippen molar-refractivity contribution in [2.75, 3.05) is 0 Å². The zero-order chi connectivity index (χ0) is 13.2. The van der Waals surface area contributed by atoms with E-state index in [0.717, 1.165) is 18.4 Å². The van der Waals surface area contributed by atoms with Gasteiger partial charge in [0, 0.05) is 5.56 Å². The molecule has 98 valence electrons. The van der Waals surface area contributed by atoms with E-state index in [9.17, 15) is 4.39 Å². The summed E-state index contributed by atoms with van der Waals surface area (Å²) < 4.78 is 13.8. The van der Waals surface area contributed by atoms with Crippen LogP contribution in [0, 0.1) is 5.82 Å². The van der Waals surface area contributed by atoms with Crippen LogP contribution in [0.1, 0.15) is 40.5 Å². The van der Waals surface area contributed by atoms with Crippen molar-refractivity contribution in [3.8, 4) is 0 Å². The summed E-state index contributed by atoms with van der Waals surface area (Å²) in [6.45, 7) is 0. The first-order valence-corrected chi connectivity index (χ1v) is 7.19. The number of rotatable bonds is 2. The number of halogens is 2. The van der Waals surface area contributed by atoms with Gasteiger partial charge >= 0.3 is 0 Å². The van der Waals surface area contributed by atoms with E-state index >= 15 is 0 Å². The number of fused-ring (bicyclic) bond motifs is 1. The fourth-order valence-electron chi connectivity index (χ4n) is 2.77. The molecule has 1 unspecified atom stereocenters. The van der Waals surface area contributed by atoms with Gasteiger partial charge in [0.15, 0.2) is 0 Å². The van der Waals surface area contributed by atoms with E-state index in [1.165, 1.54) is 30.0 Å². The number of hydrogen-bond acceptors (Lipinski definition) is 0. The third-order valence-electron chi connectivity index (χ3n) is 3.84. The molecular formula is C17H16ClF. The Kier molecular flexibility index (Phi) is 3.56. The van der Waals surface area contributed by atoms with Crippen molar-refractivity contribution in [2.45, 2.75) is 31.1 Å². The molecule has 2 aromatic carbocycles. The monoisotopic (exact) mass is 274 g/mol. The maximum Gasteiger partial charge on any atom is 0.128 e. The second kappa shape index (κ2) is 5.34. The maximum absolute atomic E-state index is 13.8. The molecule has 2 aromatic rings. The van der Waals surface area contributed by atoms with Gasteiger partial charge in [-0.2, -0.15) is 0 Å². The Labute approximate surface area is 118 Å². The summed E-state index contributed by atoms with van der Waals surface area (Å²) in [4.78, 5) is 0. The molecule has 0 heterocycles. The summed E-state index contributed by atoms with van der Waals surface area (Å²) in [5.74, 6) is -0.236. The van der Waals surface area contributed by atoms with Crippen LogP contribution in [0.15, 0.2) is 42.5 Å². The van der Waals surface area contributed by atoms with Gasteiger partial charge in [-0.15, -0.1) is 11.6 Å². The average Bonchev–Trinajstić information content (AvgIpc) is 2.46. The Bertz CT molecular complexity index is 592. The molecule has 0 fully saturated rings. The minimum atomic E-state index is -0.409. The molecule has 0 nitrogen and oxygen atoms in total. The Morgan fingerprint density at radius 3 is 2.47 bits per heavy atom. The summed E-state index contributed by atoms with van der Waals surface area (Å²) in [6.07, 6.45) is 4.78. The van der Waals surface area contributed by atoms with Gasteiger partial charge in [0.1, 0.15) is 5.82 Å². The van der Waals surface area contributed by atoms with Gasteiger partial charge in [0.05, 0.1) is 5.38 Å². The lowest BCUT2D eigenvalue weighted by Crippen LogP contribution is -2.05. The lowest BCUT2D eigenvalue weighted by molar-refractivity contribution is 0.612. The maximum atomic E-state index is 13.8. The van der Waals surface area contributed by atoms with E-state index in [-0.39, 0.29) is 5.82 Å². The van der Waals surface area contributed by atoms with Crippen LogP contribution in [-0.2, 0) is 12.8 Å². The highest BCUT2D eigenvalue weighted by Gasteiger charge is 2.17. The molecule has 0 bridgehead atoms. The molecule has 0 saturated carbocycles. The van der Waals surface area contributed by atoms with Crippen LogP contribution in [0.25, 0.3) is 0 Å². The Hall–Kier alpha value is -1.34. The fraction of sp³-hybridized carbons (Fsp3) is 0.294. The van der Waals surface area contributed by atoms with Gasteiger partial charge in [-0.05, 0) is 48.4 Å². The van der Waals surface area contributed by atoms with Crippen molar-refractivity contribution in [3.63, 3.8) is 0 Å². The molecule has 3 rings (SSSR count). The topological polar surface area (TPSA) is 0 Å². The second-order valence-corrected chi connectivity index (χ2v) is 5.56.